The number of fused-ring (bicyclic) bond motifs is 1. The number of nitrogens with zero attached hydrogens (tertiary/aromatic N) is 1. The van der Waals surface area contributed by atoms with Gasteiger partial charge in [0.15, 0.2) is 0 Å². The quantitative estimate of drug-likeness (QED) is 0.394. The Bertz CT molecular complexity index is 1230. The minimum absolute atomic E-state index is 0.0645. The van der Waals surface area contributed by atoms with Crippen LogP contribution in [-0.2, 0) is 4.79 Å². The highest BCUT2D eigenvalue weighted by Gasteiger charge is 2.31. The molecule has 1 N–H and O–H groups in total. The molecule has 1 aliphatic heterocycles. The maximum Gasteiger partial charge on any atom is 0.253 e. The van der Waals surface area contributed by atoms with Crippen LogP contribution in [0.15, 0.2) is 60.7 Å². The molecular weight excluding hydrogens is 448 g/mol. The van der Waals surface area contributed by atoms with E-state index >= 15 is 0 Å². The topological polar surface area (TPSA) is 58.6 Å². The largest absolute Gasteiger partial charge is 0.493 e. The fraction of sp³-hybridized carbons (Fsp3) is 0.419. The molecule has 1 fully saturated rings. The third-order valence-corrected chi connectivity index (χ3v) is 7.28. The summed E-state index contributed by atoms with van der Waals surface area (Å²) in [4.78, 5) is 28.0. The number of nitrogens with one attached hydrogen (secondary N) is 1. The lowest BCUT2D eigenvalue weighted by atomic mass is 9.86. The first-order valence-corrected chi connectivity index (χ1v) is 13.0. The van der Waals surface area contributed by atoms with Gasteiger partial charge in [-0.25, -0.2) is 0 Å². The number of rotatable bonds is 8. The molecule has 0 spiro atoms. The van der Waals surface area contributed by atoms with Gasteiger partial charge in [-0.2, -0.15) is 0 Å². The summed E-state index contributed by atoms with van der Waals surface area (Å²) in [6, 6.07) is 20.3. The van der Waals surface area contributed by atoms with E-state index in [1.165, 1.54) is 5.56 Å². The summed E-state index contributed by atoms with van der Waals surface area (Å²) in [5, 5.41) is 5.45. The molecule has 1 saturated heterocycles. The SMILES string of the molecule is Cc1ccc(C)c(OCCCC(C)(C)C(=O)NC2CCN(C(=O)c3ccc4ccccc4c3)CC2)c1. The molecule has 3 aromatic carbocycles. The molecule has 0 bridgehead atoms. The Balaban J connectivity index is 1.22. The number of benzene rings is 3. The van der Waals surface area contributed by atoms with Gasteiger partial charge in [0.25, 0.3) is 5.91 Å². The van der Waals surface area contributed by atoms with Crippen molar-refractivity contribution < 1.29 is 14.3 Å². The number of hydrogen-bond acceptors (Lipinski definition) is 3. The zero-order valence-corrected chi connectivity index (χ0v) is 22.0. The maximum atomic E-state index is 13.0. The molecule has 5 nitrogen and oxygen atoms in total. The van der Waals surface area contributed by atoms with Crippen molar-refractivity contribution in [1.29, 1.82) is 0 Å². The van der Waals surface area contributed by atoms with E-state index in [1.54, 1.807) is 0 Å². The van der Waals surface area contributed by atoms with Gasteiger partial charge < -0.3 is 15.0 Å². The van der Waals surface area contributed by atoms with E-state index in [0.29, 0.717) is 19.7 Å². The van der Waals surface area contributed by atoms with Crippen molar-refractivity contribution in [2.45, 2.75) is 59.4 Å². The van der Waals surface area contributed by atoms with Crippen LogP contribution in [0.25, 0.3) is 10.8 Å². The second kappa shape index (κ2) is 11.2. The number of carbonyl (C=O) groups excluding carboxylic acids is 2. The summed E-state index contributed by atoms with van der Waals surface area (Å²) in [5.74, 6) is 1.06. The summed E-state index contributed by atoms with van der Waals surface area (Å²) < 4.78 is 5.97. The molecule has 4 rings (SSSR count). The summed E-state index contributed by atoms with van der Waals surface area (Å²) in [7, 11) is 0. The van der Waals surface area contributed by atoms with Crippen molar-refractivity contribution in [3.8, 4) is 5.75 Å². The Kier molecular flexibility index (Phi) is 7.97. The van der Waals surface area contributed by atoms with E-state index < -0.39 is 5.41 Å². The number of ether oxygens (including phenoxy) is 1. The van der Waals surface area contributed by atoms with Crippen LogP contribution in [-0.4, -0.2) is 42.5 Å². The number of likely N-dealkylation sites (tertiary alicyclic amines) is 1. The fourth-order valence-electron chi connectivity index (χ4n) is 4.79. The fourth-order valence-corrected chi connectivity index (χ4v) is 4.79. The Morgan fingerprint density at radius 3 is 2.44 bits per heavy atom. The molecule has 0 unspecified atom stereocenters. The van der Waals surface area contributed by atoms with Crippen molar-refractivity contribution >= 4 is 22.6 Å². The van der Waals surface area contributed by atoms with Crippen molar-refractivity contribution in [3.05, 3.63) is 77.4 Å². The van der Waals surface area contributed by atoms with Crippen LogP contribution in [0.1, 0.15) is 61.0 Å². The average molecular weight is 487 g/mol. The number of piperidine rings is 1. The van der Waals surface area contributed by atoms with Crippen LogP contribution in [0.5, 0.6) is 5.75 Å². The summed E-state index contributed by atoms with van der Waals surface area (Å²) in [5.41, 5.74) is 2.56. The lowest BCUT2D eigenvalue weighted by molar-refractivity contribution is -0.130. The second-order valence-electron chi connectivity index (χ2n) is 10.7. The van der Waals surface area contributed by atoms with Gasteiger partial charge in [-0.3, -0.25) is 9.59 Å². The molecule has 3 aromatic rings. The molecule has 5 heteroatoms. The number of amides is 2. The first-order chi connectivity index (χ1) is 17.2. The van der Waals surface area contributed by atoms with Gasteiger partial charge in [0.05, 0.1) is 6.61 Å². The zero-order chi connectivity index (χ0) is 25.7. The number of aryl methyl sites for hydroxylation is 2. The monoisotopic (exact) mass is 486 g/mol. The highest BCUT2D eigenvalue weighted by atomic mass is 16.5. The number of carbonyl (C=O) groups is 2. The first kappa shape index (κ1) is 25.7. The van der Waals surface area contributed by atoms with Crippen molar-refractivity contribution in [1.82, 2.24) is 10.2 Å². The third kappa shape index (κ3) is 6.26. The van der Waals surface area contributed by atoms with E-state index in [4.69, 9.17) is 4.74 Å². The highest BCUT2D eigenvalue weighted by molar-refractivity contribution is 5.98. The Morgan fingerprint density at radius 2 is 1.69 bits per heavy atom. The smallest absolute Gasteiger partial charge is 0.253 e. The lowest BCUT2D eigenvalue weighted by Gasteiger charge is -2.34. The summed E-state index contributed by atoms with van der Waals surface area (Å²) in [6.07, 6.45) is 3.11. The van der Waals surface area contributed by atoms with Crippen LogP contribution in [0, 0.1) is 19.3 Å². The van der Waals surface area contributed by atoms with Crippen LogP contribution >= 0.6 is 0 Å². The van der Waals surface area contributed by atoms with E-state index in [2.05, 4.69) is 36.5 Å². The lowest BCUT2D eigenvalue weighted by Crippen LogP contribution is -2.49. The molecule has 190 valence electrons. The van der Waals surface area contributed by atoms with Gasteiger partial charge in [-0.1, -0.05) is 56.3 Å². The Labute approximate surface area is 214 Å². The van der Waals surface area contributed by atoms with Gasteiger partial charge in [0.1, 0.15) is 5.75 Å². The zero-order valence-electron chi connectivity index (χ0n) is 22.0. The summed E-state index contributed by atoms with van der Waals surface area (Å²) >= 11 is 0. The molecule has 0 atom stereocenters. The van der Waals surface area contributed by atoms with Crippen molar-refractivity contribution in [2.24, 2.45) is 5.41 Å². The van der Waals surface area contributed by atoms with Crippen LogP contribution in [0.2, 0.25) is 0 Å². The standard InChI is InChI=1S/C31H38N2O3/c1-22-10-11-23(2)28(20-22)36-19-7-16-31(3,4)30(35)32-27-14-17-33(18-15-27)29(34)26-13-12-24-8-5-6-9-25(24)21-26/h5-6,8-13,20-21,27H,7,14-19H2,1-4H3,(H,32,35). The predicted molar refractivity (Wildman–Crippen MR) is 145 cm³/mol. The first-order valence-electron chi connectivity index (χ1n) is 13.0. The summed E-state index contributed by atoms with van der Waals surface area (Å²) in [6.45, 7) is 10.0. The predicted octanol–water partition coefficient (Wildman–Crippen LogP) is 6.06. The normalized spacial score (nSPS) is 14.6. The van der Waals surface area contributed by atoms with Crippen molar-refractivity contribution in [2.75, 3.05) is 19.7 Å². The van der Waals surface area contributed by atoms with Crippen LogP contribution in [0.3, 0.4) is 0 Å². The third-order valence-electron chi connectivity index (χ3n) is 7.28. The molecule has 0 aliphatic carbocycles. The van der Waals surface area contributed by atoms with E-state index in [1.807, 2.05) is 62.1 Å². The molecule has 36 heavy (non-hydrogen) atoms. The number of hydrogen-bond donors (Lipinski definition) is 1. The molecule has 0 aromatic heterocycles. The van der Waals surface area contributed by atoms with E-state index in [0.717, 1.165) is 53.3 Å². The van der Waals surface area contributed by atoms with Gasteiger partial charge in [0, 0.05) is 30.1 Å². The van der Waals surface area contributed by atoms with Crippen LogP contribution in [0.4, 0.5) is 0 Å². The average Bonchev–Trinajstić information content (AvgIpc) is 2.88. The van der Waals surface area contributed by atoms with E-state index in [-0.39, 0.29) is 17.9 Å². The van der Waals surface area contributed by atoms with Gasteiger partial charge in [-0.05, 0) is 79.6 Å². The maximum absolute atomic E-state index is 13.0. The molecular formula is C31H38N2O3. The highest BCUT2D eigenvalue weighted by Crippen LogP contribution is 2.26. The minimum Gasteiger partial charge on any atom is -0.493 e. The van der Waals surface area contributed by atoms with Gasteiger partial charge in [-0.15, -0.1) is 0 Å². The second-order valence-corrected chi connectivity index (χ2v) is 10.7. The minimum atomic E-state index is -0.469. The van der Waals surface area contributed by atoms with Crippen LogP contribution < -0.4 is 10.1 Å². The molecule has 1 aliphatic rings. The molecule has 0 saturated carbocycles. The van der Waals surface area contributed by atoms with Gasteiger partial charge >= 0.3 is 0 Å². The molecule has 2 amide bonds. The Hall–Kier alpha value is -3.34. The van der Waals surface area contributed by atoms with E-state index in [9.17, 15) is 9.59 Å². The van der Waals surface area contributed by atoms with Gasteiger partial charge in [0.2, 0.25) is 5.91 Å². The molecule has 0 radical (unpaired) electrons. The molecule has 1 heterocycles. The Morgan fingerprint density at radius 1 is 0.972 bits per heavy atom. The van der Waals surface area contributed by atoms with Crippen molar-refractivity contribution in [3.63, 3.8) is 0 Å².